The number of hydrogen-bond acceptors (Lipinski definition) is 7. The van der Waals surface area contributed by atoms with Crippen molar-refractivity contribution in [1.29, 1.82) is 0 Å². The lowest BCUT2D eigenvalue weighted by molar-refractivity contribution is 0.0734. The predicted molar refractivity (Wildman–Crippen MR) is 98.4 cm³/mol. The molecule has 2 aromatic heterocycles. The molecule has 0 amide bonds. The molecule has 0 fully saturated rings. The Balaban J connectivity index is 1.59. The van der Waals surface area contributed by atoms with E-state index in [4.69, 9.17) is 4.74 Å². The number of carbonyl (C=O) groups excluding carboxylic acids is 1. The summed E-state index contributed by atoms with van der Waals surface area (Å²) >= 11 is 0. The van der Waals surface area contributed by atoms with Gasteiger partial charge in [-0.3, -0.25) is 4.98 Å². The van der Waals surface area contributed by atoms with Crippen molar-refractivity contribution in [1.82, 2.24) is 15.0 Å². The van der Waals surface area contributed by atoms with Gasteiger partial charge in [-0.1, -0.05) is 0 Å². The molecule has 0 aliphatic carbocycles. The monoisotopic (exact) mass is 347 g/mol. The molecule has 1 N–H and O–H groups in total. The minimum absolute atomic E-state index is 0.428. The van der Waals surface area contributed by atoms with Gasteiger partial charge in [0.15, 0.2) is 0 Å². The number of anilines is 1. The summed E-state index contributed by atoms with van der Waals surface area (Å²) in [7, 11) is 0. The third kappa shape index (κ3) is 4.70. The third-order valence-corrected chi connectivity index (χ3v) is 3.37. The van der Waals surface area contributed by atoms with E-state index in [1.165, 1.54) is 0 Å². The molecule has 7 nitrogen and oxygen atoms in total. The van der Waals surface area contributed by atoms with Crippen molar-refractivity contribution in [2.75, 3.05) is 5.43 Å². The molecule has 3 aromatic rings. The first-order chi connectivity index (χ1) is 12.6. The molecule has 3 rings (SSSR count). The number of nitrogens with one attached hydrogen (secondary N) is 1. The smallest absolute Gasteiger partial charge is 0.343 e. The van der Waals surface area contributed by atoms with Crippen molar-refractivity contribution >= 4 is 18.1 Å². The van der Waals surface area contributed by atoms with Crippen molar-refractivity contribution in [3.8, 4) is 5.75 Å². The molecular weight excluding hydrogens is 330 g/mol. The Morgan fingerprint density at radius 2 is 1.69 bits per heavy atom. The average Bonchev–Trinajstić information content (AvgIpc) is 2.63. The number of nitrogens with zero attached hydrogens (tertiary/aromatic N) is 4. The maximum Gasteiger partial charge on any atom is 0.343 e. The number of hydrazone groups is 1. The topological polar surface area (TPSA) is 89.4 Å². The number of esters is 1. The second-order valence-corrected chi connectivity index (χ2v) is 5.54. The zero-order chi connectivity index (χ0) is 18.4. The van der Waals surface area contributed by atoms with Gasteiger partial charge in [-0.15, -0.1) is 0 Å². The Morgan fingerprint density at radius 3 is 2.35 bits per heavy atom. The van der Waals surface area contributed by atoms with Gasteiger partial charge in [-0.2, -0.15) is 5.10 Å². The molecule has 2 heterocycles. The van der Waals surface area contributed by atoms with Gasteiger partial charge in [0.2, 0.25) is 5.95 Å². The second kappa shape index (κ2) is 7.98. The Kier molecular flexibility index (Phi) is 5.28. The van der Waals surface area contributed by atoms with E-state index in [0.717, 1.165) is 17.0 Å². The van der Waals surface area contributed by atoms with Crippen LogP contribution < -0.4 is 10.2 Å². The van der Waals surface area contributed by atoms with Crippen molar-refractivity contribution in [2.45, 2.75) is 13.8 Å². The number of rotatable bonds is 5. The fourth-order valence-electron chi connectivity index (χ4n) is 2.22. The number of aryl methyl sites for hydroxylation is 2. The van der Waals surface area contributed by atoms with E-state index >= 15 is 0 Å². The predicted octanol–water partition coefficient (Wildman–Crippen LogP) is 3.15. The lowest BCUT2D eigenvalue weighted by Crippen LogP contribution is -2.08. The first-order valence-electron chi connectivity index (χ1n) is 7.94. The minimum Gasteiger partial charge on any atom is -0.423 e. The van der Waals surface area contributed by atoms with Crippen LogP contribution in [0.2, 0.25) is 0 Å². The van der Waals surface area contributed by atoms with Crippen LogP contribution in [0.25, 0.3) is 0 Å². The van der Waals surface area contributed by atoms with Crippen LogP contribution in [0.5, 0.6) is 5.75 Å². The first kappa shape index (κ1) is 17.2. The van der Waals surface area contributed by atoms with Gasteiger partial charge in [-0.05, 0) is 61.9 Å². The highest BCUT2D eigenvalue weighted by atomic mass is 16.5. The number of aromatic nitrogens is 3. The van der Waals surface area contributed by atoms with Crippen LogP contribution in [0.4, 0.5) is 5.95 Å². The van der Waals surface area contributed by atoms with Crippen LogP contribution in [0.3, 0.4) is 0 Å². The van der Waals surface area contributed by atoms with Crippen LogP contribution >= 0.6 is 0 Å². The minimum atomic E-state index is -0.428. The van der Waals surface area contributed by atoms with Gasteiger partial charge < -0.3 is 4.74 Å². The molecule has 0 saturated heterocycles. The molecule has 130 valence electrons. The van der Waals surface area contributed by atoms with Crippen LogP contribution in [0, 0.1) is 13.8 Å². The lowest BCUT2D eigenvalue weighted by atomic mass is 10.2. The maximum atomic E-state index is 12.0. The fraction of sp³-hybridized carbons (Fsp3) is 0.105. The lowest BCUT2D eigenvalue weighted by Gasteiger charge is -2.04. The van der Waals surface area contributed by atoms with Crippen molar-refractivity contribution < 1.29 is 9.53 Å². The highest BCUT2D eigenvalue weighted by molar-refractivity contribution is 5.91. The van der Waals surface area contributed by atoms with Crippen molar-refractivity contribution in [3.05, 3.63) is 77.4 Å². The Morgan fingerprint density at radius 1 is 1.04 bits per heavy atom. The van der Waals surface area contributed by atoms with E-state index < -0.39 is 5.97 Å². The number of carbonyl (C=O) groups is 1. The largest absolute Gasteiger partial charge is 0.423 e. The molecule has 0 saturated carbocycles. The molecule has 1 aromatic carbocycles. The van der Waals surface area contributed by atoms with E-state index in [1.54, 1.807) is 55.0 Å². The van der Waals surface area contributed by atoms with Gasteiger partial charge in [0, 0.05) is 23.8 Å². The molecule has 0 aliphatic heterocycles. The summed E-state index contributed by atoms with van der Waals surface area (Å²) in [6.07, 6.45) is 4.72. The normalized spacial score (nSPS) is 10.7. The molecule has 0 radical (unpaired) electrons. The highest BCUT2D eigenvalue weighted by Gasteiger charge is 2.07. The number of benzene rings is 1. The van der Waals surface area contributed by atoms with Crippen LogP contribution in [0.15, 0.2) is 60.0 Å². The van der Waals surface area contributed by atoms with Crippen molar-refractivity contribution in [3.63, 3.8) is 0 Å². The molecule has 0 aliphatic rings. The zero-order valence-electron chi connectivity index (χ0n) is 14.4. The van der Waals surface area contributed by atoms with Gasteiger partial charge in [0.25, 0.3) is 0 Å². The highest BCUT2D eigenvalue weighted by Crippen LogP contribution is 2.13. The van der Waals surface area contributed by atoms with E-state index in [-0.39, 0.29) is 0 Å². The first-order valence-corrected chi connectivity index (χ1v) is 7.94. The van der Waals surface area contributed by atoms with E-state index in [0.29, 0.717) is 17.3 Å². The van der Waals surface area contributed by atoms with Crippen molar-refractivity contribution in [2.24, 2.45) is 5.10 Å². The van der Waals surface area contributed by atoms with E-state index in [1.807, 2.05) is 19.9 Å². The molecule has 0 spiro atoms. The SMILES string of the molecule is Cc1cc(C)nc(NN=Cc2ccc(OC(=O)c3ccncc3)cc2)n1. The van der Waals surface area contributed by atoms with E-state index in [2.05, 4.69) is 25.5 Å². The number of ether oxygens (including phenoxy) is 1. The average molecular weight is 347 g/mol. The summed E-state index contributed by atoms with van der Waals surface area (Å²) in [5.74, 6) is 0.471. The van der Waals surface area contributed by atoms with E-state index in [9.17, 15) is 4.79 Å². The molecule has 0 unspecified atom stereocenters. The Labute approximate surface area is 150 Å². The number of pyridine rings is 1. The molecule has 0 atom stereocenters. The molecule has 26 heavy (non-hydrogen) atoms. The second-order valence-electron chi connectivity index (χ2n) is 5.54. The fourth-order valence-corrected chi connectivity index (χ4v) is 2.22. The van der Waals surface area contributed by atoms with Gasteiger partial charge in [0.1, 0.15) is 5.75 Å². The van der Waals surface area contributed by atoms with Gasteiger partial charge in [0.05, 0.1) is 11.8 Å². The summed E-state index contributed by atoms with van der Waals surface area (Å²) in [5.41, 5.74) is 5.83. The third-order valence-electron chi connectivity index (χ3n) is 3.37. The quantitative estimate of drug-likeness (QED) is 0.330. The van der Waals surface area contributed by atoms with Crippen LogP contribution in [0.1, 0.15) is 27.3 Å². The van der Waals surface area contributed by atoms with Crippen LogP contribution in [-0.2, 0) is 0 Å². The standard InChI is InChI=1S/C19H17N5O2/c1-13-11-14(2)23-19(22-13)24-21-12-15-3-5-17(6-4-15)26-18(25)16-7-9-20-10-8-16/h3-12H,1-2H3,(H,22,23,24). The molecule has 0 bridgehead atoms. The van der Waals surface area contributed by atoms with Gasteiger partial charge >= 0.3 is 5.97 Å². The summed E-state index contributed by atoms with van der Waals surface area (Å²) in [6.45, 7) is 3.80. The maximum absolute atomic E-state index is 12.0. The van der Waals surface area contributed by atoms with Gasteiger partial charge in [-0.25, -0.2) is 20.2 Å². The number of hydrogen-bond donors (Lipinski definition) is 1. The molecule has 7 heteroatoms. The van der Waals surface area contributed by atoms with Crippen LogP contribution in [-0.4, -0.2) is 27.1 Å². The summed E-state index contributed by atoms with van der Waals surface area (Å²) < 4.78 is 5.31. The Bertz CT molecular complexity index is 904. The zero-order valence-corrected chi connectivity index (χ0v) is 14.4. The summed E-state index contributed by atoms with van der Waals surface area (Å²) in [4.78, 5) is 24.3. The molecular formula is C19H17N5O2. The summed E-state index contributed by atoms with van der Waals surface area (Å²) in [5, 5.41) is 4.12. The summed E-state index contributed by atoms with van der Waals surface area (Å²) in [6, 6.07) is 12.1. The Hall–Kier alpha value is -3.61.